The van der Waals surface area contributed by atoms with Gasteiger partial charge in [0.2, 0.25) is 0 Å². The highest BCUT2D eigenvalue weighted by Gasteiger charge is 2.25. The van der Waals surface area contributed by atoms with Gasteiger partial charge in [-0.3, -0.25) is 14.4 Å². The average Bonchev–Trinajstić information content (AvgIpc) is 3.37. The van der Waals surface area contributed by atoms with Crippen molar-refractivity contribution >= 4 is 39.2 Å². The number of hydrogen-bond donors (Lipinski definition) is 1. The molecule has 1 N–H and O–H groups in total. The SMILES string of the molecule is O=C(O)c1cccc2c1CCC2=O.O=C1CCc2c1cccc2C(=O)c1ccc(Br)cc1. The summed E-state index contributed by atoms with van der Waals surface area (Å²) in [4.78, 5) is 46.2. The number of hydrogen-bond acceptors (Lipinski definition) is 4. The highest BCUT2D eigenvalue weighted by Crippen LogP contribution is 2.27. The molecular weight excluding hydrogens is 472 g/mol. The number of halogens is 1. The van der Waals surface area contributed by atoms with Gasteiger partial charge in [0.25, 0.3) is 0 Å². The number of aromatic carboxylic acids is 1. The van der Waals surface area contributed by atoms with E-state index in [0.29, 0.717) is 53.5 Å². The van der Waals surface area contributed by atoms with Gasteiger partial charge in [0, 0.05) is 39.6 Å². The molecule has 0 aliphatic heterocycles. The molecule has 5 nitrogen and oxygen atoms in total. The van der Waals surface area contributed by atoms with E-state index in [1.54, 1.807) is 36.4 Å². The molecule has 0 atom stereocenters. The predicted molar refractivity (Wildman–Crippen MR) is 123 cm³/mol. The molecule has 0 aromatic heterocycles. The van der Waals surface area contributed by atoms with Gasteiger partial charge in [-0.25, -0.2) is 4.79 Å². The molecule has 0 saturated carbocycles. The smallest absolute Gasteiger partial charge is 0.335 e. The van der Waals surface area contributed by atoms with Gasteiger partial charge in [-0.05, 0) is 54.3 Å². The van der Waals surface area contributed by atoms with Crippen molar-refractivity contribution in [2.45, 2.75) is 25.7 Å². The molecule has 0 fully saturated rings. The third-order valence-electron chi connectivity index (χ3n) is 5.74. The summed E-state index contributed by atoms with van der Waals surface area (Å²) in [5, 5.41) is 8.82. The van der Waals surface area contributed by atoms with E-state index in [9.17, 15) is 19.2 Å². The molecule has 0 heterocycles. The maximum Gasteiger partial charge on any atom is 0.335 e. The van der Waals surface area contributed by atoms with Crippen LogP contribution in [0.15, 0.2) is 65.1 Å². The number of carbonyl (C=O) groups excluding carboxylic acids is 3. The molecule has 0 unspecified atom stereocenters. The minimum atomic E-state index is -0.952. The molecule has 2 aliphatic rings. The van der Waals surface area contributed by atoms with E-state index < -0.39 is 5.97 Å². The molecule has 32 heavy (non-hydrogen) atoms. The molecule has 160 valence electrons. The number of rotatable bonds is 3. The summed E-state index contributed by atoms with van der Waals surface area (Å²) < 4.78 is 0.942. The van der Waals surface area contributed by atoms with Gasteiger partial charge in [-0.15, -0.1) is 0 Å². The van der Waals surface area contributed by atoms with Crippen molar-refractivity contribution in [3.63, 3.8) is 0 Å². The highest BCUT2D eigenvalue weighted by atomic mass is 79.9. The van der Waals surface area contributed by atoms with Crippen LogP contribution in [0.2, 0.25) is 0 Å². The van der Waals surface area contributed by atoms with Gasteiger partial charge in [0.05, 0.1) is 5.56 Å². The Balaban J connectivity index is 0.000000165. The third-order valence-corrected chi connectivity index (χ3v) is 6.27. The molecular formula is C26H19BrO5. The Kier molecular flexibility index (Phi) is 6.15. The van der Waals surface area contributed by atoms with Crippen LogP contribution in [0.25, 0.3) is 0 Å². The quantitative estimate of drug-likeness (QED) is 0.501. The van der Waals surface area contributed by atoms with Crippen LogP contribution in [0.4, 0.5) is 0 Å². The fraction of sp³-hybridized carbons (Fsp3) is 0.154. The fourth-order valence-electron chi connectivity index (χ4n) is 4.15. The van der Waals surface area contributed by atoms with E-state index in [-0.39, 0.29) is 22.9 Å². The second-order valence-corrected chi connectivity index (χ2v) is 8.57. The van der Waals surface area contributed by atoms with Crippen molar-refractivity contribution in [2.75, 3.05) is 0 Å². The van der Waals surface area contributed by atoms with Crippen molar-refractivity contribution in [2.24, 2.45) is 0 Å². The minimum Gasteiger partial charge on any atom is -0.478 e. The first kappa shape index (κ1) is 21.8. The zero-order chi connectivity index (χ0) is 22.8. The fourth-order valence-corrected chi connectivity index (χ4v) is 4.42. The largest absolute Gasteiger partial charge is 0.478 e. The molecule has 0 radical (unpaired) electrons. The molecule has 0 amide bonds. The van der Waals surface area contributed by atoms with Crippen molar-refractivity contribution in [3.05, 3.63) is 104 Å². The Morgan fingerprint density at radius 2 is 1.19 bits per heavy atom. The highest BCUT2D eigenvalue weighted by molar-refractivity contribution is 9.10. The molecule has 0 spiro atoms. The predicted octanol–water partition coefficient (Wildman–Crippen LogP) is 5.32. The lowest BCUT2D eigenvalue weighted by atomic mass is 9.96. The molecule has 0 bridgehead atoms. The molecule has 0 saturated heterocycles. The summed E-state index contributed by atoms with van der Waals surface area (Å²) >= 11 is 3.35. The van der Waals surface area contributed by atoms with Crippen LogP contribution in [-0.2, 0) is 12.8 Å². The van der Waals surface area contributed by atoms with E-state index in [0.717, 1.165) is 10.0 Å². The van der Waals surface area contributed by atoms with Crippen LogP contribution in [-0.4, -0.2) is 28.4 Å². The Morgan fingerprint density at radius 1 is 0.688 bits per heavy atom. The molecule has 3 aromatic rings. The number of ketones is 3. The topological polar surface area (TPSA) is 88.5 Å². The van der Waals surface area contributed by atoms with Crippen molar-refractivity contribution in [1.82, 2.24) is 0 Å². The summed E-state index contributed by atoms with van der Waals surface area (Å²) in [7, 11) is 0. The second kappa shape index (κ2) is 9.01. The Hall–Kier alpha value is -3.38. The average molecular weight is 491 g/mol. The zero-order valence-corrected chi connectivity index (χ0v) is 18.6. The van der Waals surface area contributed by atoms with E-state index in [4.69, 9.17) is 5.11 Å². The zero-order valence-electron chi connectivity index (χ0n) is 17.1. The van der Waals surface area contributed by atoms with Gasteiger partial charge in [-0.2, -0.15) is 0 Å². The number of carboxylic acids is 1. The van der Waals surface area contributed by atoms with Gasteiger partial charge in [0.15, 0.2) is 17.3 Å². The maximum atomic E-state index is 12.5. The van der Waals surface area contributed by atoms with Crippen molar-refractivity contribution in [1.29, 1.82) is 0 Å². The second-order valence-electron chi connectivity index (χ2n) is 7.65. The van der Waals surface area contributed by atoms with Crippen LogP contribution in [0, 0.1) is 0 Å². The molecule has 6 heteroatoms. The standard InChI is InChI=1S/C16H11BrO2.C10H8O3/c17-11-6-4-10(5-7-11)16(19)14-3-1-2-13-12(14)8-9-15(13)18;11-9-5-4-6-7(9)2-1-3-8(6)10(12)13/h1-7H,8-9H2;1-3H,4-5H2,(H,12,13). The first-order chi connectivity index (χ1) is 15.4. The molecule has 3 aromatic carbocycles. The van der Waals surface area contributed by atoms with Gasteiger partial charge >= 0.3 is 5.97 Å². The van der Waals surface area contributed by atoms with E-state index in [1.807, 2.05) is 24.3 Å². The van der Waals surface area contributed by atoms with E-state index in [2.05, 4.69) is 15.9 Å². The number of Topliss-reactive ketones (excluding diaryl/α,β-unsaturated/α-hetero) is 2. The van der Waals surface area contributed by atoms with Crippen molar-refractivity contribution < 1.29 is 24.3 Å². The molecule has 2 aliphatic carbocycles. The Bertz CT molecular complexity index is 1260. The van der Waals surface area contributed by atoms with Crippen LogP contribution in [0.3, 0.4) is 0 Å². The first-order valence-electron chi connectivity index (χ1n) is 10.2. The monoisotopic (exact) mass is 490 g/mol. The first-order valence-corrected chi connectivity index (χ1v) is 11.0. The lowest BCUT2D eigenvalue weighted by molar-refractivity contribution is 0.0695. The number of carbonyl (C=O) groups is 4. The van der Waals surface area contributed by atoms with Crippen LogP contribution in [0.1, 0.15) is 71.0 Å². The van der Waals surface area contributed by atoms with Crippen LogP contribution >= 0.6 is 15.9 Å². The van der Waals surface area contributed by atoms with Gasteiger partial charge in [0.1, 0.15) is 0 Å². The van der Waals surface area contributed by atoms with Crippen LogP contribution in [0.5, 0.6) is 0 Å². The van der Waals surface area contributed by atoms with Crippen molar-refractivity contribution in [3.8, 4) is 0 Å². The number of fused-ring (bicyclic) bond motifs is 2. The van der Waals surface area contributed by atoms with E-state index in [1.165, 1.54) is 0 Å². The lowest BCUT2D eigenvalue weighted by Gasteiger charge is -2.07. The summed E-state index contributed by atoms with van der Waals surface area (Å²) in [5.41, 5.74) is 4.47. The van der Waals surface area contributed by atoms with Crippen LogP contribution < -0.4 is 0 Å². The Morgan fingerprint density at radius 3 is 1.72 bits per heavy atom. The lowest BCUT2D eigenvalue weighted by Crippen LogP contribution is -2.05. The van der Waals surface area contributed by atoms with Gasteiger partial charge in [-0.1, -0.05) is 46.3 Å². The van der Waals surface area contributed by atoms with Gasteiger partial charge < -0.3 is 5.11 Å². The summed E-state index contributed by atoms with van der Waals surface area (Å²) in [6.07, 6.45) is 2.20. The summed E-state index contributed by atoms with van der Waals surface area (Å²) in [6, 6.07) is 17.5. The summed E-state index contributed by atoms with van der Waals surface area (Å²) in [5.74, 6) is -0.774. The van der Waals surface area contributed by atoms with E-state index >= 15 is 0 Å². The summed E-state index contributed by atoms with van der Waals surface area (Å²) in [6.45, 7) is 0. The molecule has 5 rings (SSSR count). The maximum absolute atomic E-state index is 12.5. The normalized spacial score (nSPS) is 13.8. The Labute approximate surface area is 193 Å². The minimum absolute atomic E-state index is 0.0148. The number of carboxylic acid groups (broad SMARTS) is 1. The third kappa shape index (κ3) is 4.18. The number of benzene rings is 3.